The summed E-state index contributed by atoms with van der Waals surface area (Å²) >= 11 is 5.90. The normalized spacial score (nSPS) is 21.7. The molecule has 2 unspecified atom stereocenters. The van der Waals surface area contributed by atoms with Crippen LogP contribution in [0.1, 0.15) is 25.7 Å². The predicted molar refractivity (Wildman–Crippen MR) is 137 cm³/mol. The minimum absolute atomic E-state index is 0.00601. The summed E-state index contributed by atoms with van der Waals surface area (Å²) in [4.78, 5) is 23.7. The number of hydrogen-bond donors (Lipinski definition) is 3. The van der Waals surface area contributed by atoms with Gasteiger partial charge in [0, 0.05) is 41.8 Å². The number of aliphatic hydroxyl groups is 1. The first-order valence-corrected chi connectivity index (χ1v) is 12.2. The van der Waals surface area contributed by atoms with Crippen molar-refractivity contribution in [3.63, 3.8) is 0 Å². The molecule has 188 valence electrons. The number of nitrogens with zero attached hydrogens (tertiary/aromatic N) is 3. The first kappa shape index (κ1) is 24.4. The van der Waals surface area contributed by atoms with Gasteiger partial charge in [0.1, 0.15) is 23.7 Å². The van der Waals surface area contributed by atoms with Crippen LogP contribution in [0.15, 0.2) is 48.8 Å². The second-order valence-electron chi connectivity index (χ2n) is 9.14. The molecule has 3 heterocycles. The second-order valence-corrected chi connectivity index (χ2v) is 9.55. The van der Waals surface area contributed by atoms with E-state index in [-0.39, 0.29) is 17.0 Å². The zero-order valence-corrected chi connectivity index (χ0v) is 20.5. The third-order valence-electron chi connectivity index (χ3n) is 6.84. The van der Waals surface area contributed by atoms with E-state index in [2.05, 4.69) is 25.5 Å². The Hall–Kier alpha value is -3.27. The van der Waals surface area contributed by atoms with Gasteiger partial charge in [0.15, 0.2) is 0 Å². The van der Waals surface area contributed by atoms with E-state index in [0.29, 0.717) is 52.5 Å². The molecule has 3 aromatic rings. The Morgan fingerprint density at radius 3 is 2.75 bits per heavy atom. The summed E-state index contributed by atoms with van der Waals surface area (Å²) in [6.07, 6.45) is 8.37. The van der Waals surface area contributed by atoms with Crippen LogP contribution in [-0.4, -0.2) is 57.7 Å². The van der Waals surface area contributed by atoms with Gasteiger partial charge in [0.2, 0.25) is 5.91 Å². The number of halogens is 2. The van der Waals surface area contributed by atoms with Crippen LogP contribution in [0.3, 0.4) is 0 Å². The summed E-state index contributed by atoms with van der Waals surface area (Å²) in [5.41, 5.74) is 1.63. The summed E-state index contributed by atoms with van der Waals surface area (Å²) in [7, 11) is 1.52. The number of piperidine rings is 1. The fourth-order valence-electron chi connectivity index (χ4n) is 5.16. The van der Waals surface area contributed by atoms with E-state index in [9.17, 15) is 14.3 Å². The number of fused-ring (bicyclic) bond motifs is 3. The molecule has 8 nitrogen and oxygen atoms in total. The van der Waals surface area contributed by atoms with Gasteiger partial charge in [0.05, 0.1) is 29.4 Å². The highest BCUT2D eigenvalue weighted by Crippen LogP contribution is 2.36. The minimum Gasteiger partial charge on any atom is -0.494 e. The van der Waals surface area contributed by atoms with Crippen LogP contribution in [0.5, 0.6) is 5.75 Å². The lowest BCUT2D eigenvalue weighted by Gasteiger charge is -2.36. The number of methoxy groups -OCH3 is 1. The van der Waals surface area contributed by atoms with Gasteiger partial charge in [-0.15, -0.1) is 0 Å². The average molecular weight is 512 g/mol. The van der Waals surface area contributed by atoms with Crippen molar-refractivity contribution in [1.29, 1.82) is 0 Å². The number of ether oxygens (including phenoxy) is 1. The molecule has 3 N–H and O–H groups in total. The largest absolute Gasteiger partial charge is 0.494 e. The van der Waals surface area contributed by atoms with Crippen molar-refractivity contribution in [2.75, 3.05) is 24.3 Å². The van der Waals surface area contributed by atoms with Gasteiger partial charge in [-0.05, 0) is 49.9 Å². The van der Waals surface area contributed by atoms with E-state index < -0.39 is 5.82 Å². The van der Waals surface area contributed by atoms with Crippen molar-refractivity contribution in [1.82, 2.24) is 14.9 Å². The molecule has 2 atom stereocenters. The Labute approximate surface area is 213 Å². The smallest absolute Gasteiger partial charge is 0.248 e. The molecule has 10 heteroatoms. The van der Waals surface area contributed by atoms with E-state index in [1.54, 1.807) is 18.2 Å². The molecule has 2 aromatic carbocycles. The molecule has 0 spiro atoms. The number of carbonyl (C=O) groups is 1. The summed E-state index contributed by atoms with van der Waals surface area (Å²) in [5.74, 6) is 0.137. The van der Waals surface area contributed by atoms with Crippen LogP contribution in [0.25, 0.3) is 10.9 Å². The molecule has 2 aliphatic rings. The number of aromatic nitrogens is 2. The van der Waals surface area contributed by atoms with E-state index in [1.165, 1.54) is 31.6 Å². The zero-order valence-electron chi connectivity index (χ0n) is 19.7. The van der Waals surface area contributed by atoms with Gasteiger partial charge in [-0.1, -0.05) is 17.7 Å². The van der Waals surface area contributed by atoms with E-state index in [4.69, 9.17) is 16.3 Å². The highest BCUT2D eigenvalue weighted by atomic mass is 35.5. The molecule has 0 saturated carbocycles. The first-order chi connectivity index (χ1) is 17.4. The lowest BCUT2D eigenvalue weighted by molar-refractivity contribution is -0.112. The van der Waals surface area contributed by atoms with Gasteiger partial charge in [-0.25, -0.2) is 14.4 Å². The highest BCUT2D eigenvalue weighted by Gasteiger charge is 2.39. The Morgan fingerprint density at radius 2 is 2.03 bits per heavy atom. The molecule has 2 saturated heterocycles. The van der Waals surface area contributed by atoms with Crippen LogP contribution in [-0.2, 0) is 4.79 Å². The first-order valence-electron chi connectivity index (χ1n) is 11.9. The van der Waals surface area contributed by atoms with E-state index >= 15 is 0 Å². The summed E-state index contributed by atoms with van der Waals surface area (Å²) in [6.45, 7) is 0.673. The predicted octanol–water partition coefficient (Wildman–Crippen LogP) is 4.66. The fourth-order valence-corrected chi connectivity index (χ4v) is 5.34. The van der Waals surface area contributed by atoms with Gasteiger partial charge in [-0.3, -0.25) is 9.69 Å². The molecule has 2 fully saturated rings. The molecular weight excluding hydrogens is 485 g/mol. The van der Waals surface area contributed by atoms with Crippen molar-refractivity contribution in [2.24, 2.45) is 0 Å². The molecule has 2 aliphatic heterocycles. The minimum atomic E-state index is -0.511. The number of anilines is 3. The van der Waals surface area contributed by atoms with Gasteiger partial charge in [-0.2, -0.15) is 0 Å². The van der Waals surface area contributed by atoms with Gasteiger partial charge in [0.25, 0.3) is 0 Å². The van der Waals surface area contributed by atoms with Crippen molar-refractivity contribution in [3.05, 3.63) is 59.7 Å². The van der Waals surface area contributed by atoms with Crippen LogP contribution in [0.2, 0.25) is 5.02 Å². The Morgan fingerprint density at radius 1 is 1.25 bits per heavy atom. The molecule has 1 aromatic heterocycles. The topological polar surface area (TPSA) is 99.6 Å². The summed E-state index contributed by atoms with van der Waals surface area (Å²) in [6, 6.07) is 8.52. The van der Waals surface area contributed by atoms with E-state index in [0.717, 1.165) is 25.7 Å². The highest BCUT2D eigenvalue weighted by molar-refractivity contribution is 6.31. The Bertz CT molecular complexity index is 1310. The molecular formula is C26H27ClFN5O3. The number of nitrogens with one attached hydrogen (secondary N) is 2. The molecule has 0 aliphatic carbocycles. The maximum atomic E-state index is 13.5. The Kier molecular flexibility index (Phi) is 7.04. The monoisotopic (exact) mass is 511 g/mol. The van der Waals surface area contributed by atoms with E-state index in [1.807, 2.05) is 6.08 Å². The number of amides is 1. The number of rotatable bonds is 7. The van der Waals surface area contributed by atoms with Crippen LogP contribution >= 0.6 is 11.6 Å². The summed E-state index contributed by atoms with van der Waals surface area (Å²) < 4.78 is 19.0. The lowest BCUT2D eigenvalue weighted by atomic mass is 10.00. The van der Waals surface area contributed by atoms with Crippen molar-refractivity contribution in [2.45, 2.75) is 43.9 Å². The number of aliphatic hydroxyl groups excluding tert-OH is 1. The summed E-state index contributed by atoms with van der Waals surface area (Å²) in [5, 5.41) is 16.6. The molecule has 1 amide bonds. The third kappa shape index (κ3) is 5.13. The zero-order chi connectivity index (χ0) is 25.2. The number of hydrogen-bond acceptors (Lipinski definition) is 7. The molecule has 36 heavy (non-hydrogen) atoms. The average Bonchev–Trinajstić information content (AvgIpc) is 3.09. The van der Waals surface area contributed by atoms with Crippen molar-refractivity contribution >= 4 is 45.6 Å². The standard InChI is InChI=1S/C26H27ClFN5O3/c1-36-24-13-22-19(26(30-14-29-22)31-15-4-7-21(28)20(27)9-15)12-23(24)32-25(35)3-2-8-33-16-5-6-17(33)11-18(34)10-16/h2-4,7,9,12-14,16-18,34H,5-6,8,10-11H2,1H3,(H,32,35)(H,29,30,31)/b3-2+. The van der Waals surface area contributed by atoms with Crippen LogP contribution < -0.4 is 15.4 Å². The number of carbonyl (C=O) groups excluding carboxylic acids is 1. The Balaban J connectivity index is 1.33. The van der Waals surface area contributed by atoms with Crippen LogP contribution in [0.4, 0.5) is 21.6 Å². The maximum absolute atomic E-state index is 13.5. The quantitative estimate of drug-likeness (QED) is 0.397. The van der Waals surface area contributed by atoms with Crippen molar-refractivity contribution in [3.8, 4) is 5.75 Å². The number of benzene rings is 2. The molecule has 2 bridgehead atoms. The molecule has 5 rings (SSSR count). The molecule has 0 radical (unpaired) electrons. The van der Waals surface area contributed by atoms with Gasteiger partial charge < -0.3 is 20.5 Å². The second kappa shape index (κ2) is 10.4. The fraction of sp³-hybridized carbons (Fsp3) is 0.346. The van der Waals surface area contributed by atoms with Crippen LogP contribution in [0, 0.1) is 5.82 Å². The van der Waals surface area contributed by atoms with Crippen molar-refractivity contribution < 1.29 is 19.0 Å². The third-order valence-corrected chi connectivity index (χ3v) is 7.13. The van der Waals surface area contributed by atoms with Gasteiger partial charge >= 0.3 is 0 Å². The maximum Gasteiger partial charge on any atom is 0.248 e. The SMILES string of the molecule is COc1cc2ncnc(Nc3ccc(F)c(Cl)c3)c2cc1NC(=O)/C=C/CN1C2CCC1CC(O)C2. The lowest BCUT2D eigenvalue weighted by Crippen LogP contribution is -2.44.